The molecule has 5 nitrogen and oxygen atoms in total. The molecule has 0 aliphatic heterocycles. The maximum absolute atomic E-state index is 12.0. The van der Waals surface area contributed by atoms with Crippen molar-refractivity contribution in [1.82, 2.24) is 4.90 Å². The van der Waals surface area contributed by atoms with E-state index >= 15 is 0 Å². The van der Waals surface area contributed by atoms with E-state index in [1.807, 2.05) is 97.1 Å². The van der Waals surface area contributed by atoms with Crippen LogP contribution in [0.15, 0.2) is 123 Å². The fraction of sp³-hybridized carbons (Fsp3) is 0.143. The summed E-state index contributed by atoms with van der Waals surface area (Å²) in [5.41, 5.74) is 0.105. The second-order valence-corrected chi connectivity index (χ2v) is 8.01. The Labute approximate surface area is 192 Å². The van der Waals surface area contributed by atoms with Gasteiger partial charge in [-0.3, -0.25) is 4.90 Å². The van der Waals surface area contributed by atoms with Crippen molar-refractivity contribution in [2.75, 3.05) is 0 Å². The van der Waals surface area contributed by atoms with Gasteiger partial charge < -0.3 is 18.4 Å². The summed E-state index contributed by atoms with van der Waals surface area (Å²) in [5, 5.41) is 12.0. The van der Waals surface area contributed by atoms with Crippen LogP contribution in [-0.2, 0) is 25.2 Å². The van der Waals surface area contributed by atoms with Gasteiger partial charge in [-0.2, -0.15) is 0 Å². The minimum absolute atomic E-state index is 0.478. The smallest absolute Gasteiger partial charge is 0.173 e. The molecule has 0 unspecified atom stereocenters. The monoisotopic (exact) mass is 439 g/mol. The third kappa shape index (κ3) is 4.55. The Kier molecular flexibility index (Phi) is 5.98. The molecule has 166 valence electrons. The largest absolute Gasteiger partial charge is 0.468 e. The van der Waals surface area contributed by atoms with E-state index in [0.717, 1.165) is 28.4 Å². The van der Waals surface area contributed by atoms with Crippen LogP contribution in [0.5, 0.6) is 0 Å². The Hall–Kier alpha value is -3.80. The first kappa shape index (κ1) is 21.1. The Morgan fingerprint density at radius 2 is 1.09 bits per heavy atom. The number of rotatable bonds is 9. The van der Waals surface area contributed by atoms with E-state index in [2.05, 4.69) is 4.90 Å². The van der Waals surface area contributed by atoms with Gasteiger partial charge in [-0.1, -0.05) is 60.7 Å². The predicted octanol–water partition coefficient (Wildman–Crippen LogP) is 5.95. The third-order valence-corrected chi connectivity index (χ3v) is 5.70. The van der Waals surface area contributed by atoms with Gasteiger partial charge in [0.15, 0.2) is 5.60 Å². The zero-order valence-corrected chi connectivity index (χ0v) is 18.1. The lowest BCUT2D eigenvalue weighted by Gasteiger charge is -2.27. The highest BCUT2D eigenvalue weighted by atomic mass is 16.4. The highest BCUT2D eigenvalue weighted by molar-refractivity contribution is 5.43. The third-order valence-electron chi connectivity index (χ3n) is 5.70. The number of hydrogen-bond donors (Lipinski definition) is 1. The molecule has 0 fully saturated rings. The molecule has 0 aliphatic rings. The van der Waals surface area contributed by atoms with Crippen LogP contribution in [0.1, 0.15) is 34.2 Å². The molecule has 0 spiro atoms. The normalized spacial score (nSPS) is 11.8. The van der Waals surface area contributed by atoms with Crippen LogP contribution >= 0.6 is 0 Å². The summed E-state index contributed by atoms with van der Waals surface area (Å²) in [6.07, 6.45) is 3.34. The average Bonchev–Trinajstić information content (AvgIpc) is 3.64. The molecule has 3 aromatic heterocycles. The van der Waals surface area contributed by atoms with Gasteiger partial charge in [-0.15, -0.1) is 0 Å². The first-order valence-corrected chi connectivity index (χ1v) is 10.9. The van der Waals surface area contributed by atoms with Crippen molar-refractivity contribution in [2.45, 2.75) is 25.2 Å². The first-order chi connectivity index (χ1) is 16.2. The summed E-state index contributed by atoms with van der Waals surface area (Å²) in [4.78, 5) is 2.17. The van der Waals surface area contributed by atoms with Crippen molar-refractivity contribution in [3.63, 3.8) is 0 Å². The molecular formula is C28H25NO4. The highest BCUT2D eigenvalue weighted by Gasteiger charge is 2.37. The number of furan rings is 3. The lowest BCUT2D eigenvalue weighted by molar-refractivity contribution is 0.0944. The Morgan fingerprint density at radius 1 is 0.576 bits per heavy atom. The first-order valence-electron chi connectivity index (χ1n) is 10.9. The Bertz CT molecular complexity index is 1170. The molecule has 2 aromatic carbocycles. The molecule has 0 amide bonds. The molecule has 0 bridgehead atoms. The van der Waals surface area contributed by atoms with Crippen LogP contribution in [0.25, 0.3) is 0 Å². The molecule has 5 rings (SSSR count). The van der Waals surface area contributed by atoms with Crippen molar-refractivity contribution in [3.8, 4) is 0 Å². The van der Waals surface area contributed by atoms with Gasteiger partial charge in [0.2, 0.25) is 0 Å². The molecule has 33 heavy (non-hydrogen) atoms. The lowest BCUT2D eigenvalue weighted by Crippen LogP contribution is -2.28. The number of hydrogen-bond acceptors (Lipinski definition) is 5. The Morgan fingerprint density at radius 3 is 1.58 bits per heavy atom. The summed E-state index contributed by atoms with van der Waals surface area (Å²) >= 11 is 0. The predicted molar refractivity (Wildman–Crippen MR) is 124 cm³/mol. The standard InChI is InChI=1S/C28H25NO4/c30-28(22-9-3-1-4-10-22,23-11-5-2-6-12-23)27-16-15-26(33-27)21-29(19-24-13-7-17-31-24)20-25-14-8-18-32-25/h1-18,30H,19-21H2. The fourth-order valence-electron chi connectivity index (χ4n) is 4.10. The molecular weight excluding hydrogens is 414 g/mol. The zero-order valence-electron chi connectivity index (χ0n) is 18.1. The van der Waals surface area contributed by atoms with Gasteiger partial charge in [-0.05, 0) is 47.5 Å². The molecule has 0 saturated heterocycles. The van der Waals surface area contributed by atoms with Crippen LogP contribution in [0.2, 0.25) is 0 Å². The molecule has 0 saturated carbocycles. The molecule has 0 radical (unpaired) electrons. The highest BCUT2D eigenvalue weighted by Crippen LogP contribution is 2.37. The van der Waals surface area contributed by atoms with Gasteiger partial charge in [0.25, 0.3) is 0 Å². The van der Waals surface area contributed by atoms with E-state index in [1.54, 1.807) is 12.5 Å². The summed E-state index contributed by atoms with van der Waals surface area (Å²) in [6, 6.07) is 30.6. The summed E-state index contributed by atoms with van der Waals surface area (Å²) in [6.45, 7) is 1.73. The van der Waals surface area contributed by atoms with Crippen LogP contribution in [0, 0.1) is 0 Å². The SMILES string of the molecule is OC(c1ccccc1)(c1ccccc1)c1ccc(CN(Cc2ccco2)Cc2ccco2)o1. The van der Waals surface area contributed by atoms with E-state index in [-0.39, 0.29) is 0 Å². The summed E-state index contributed by atoms with van der Waals surface area (Å²) in [7, 11) is 0. The van der Waals surface area contributed by atoms with Crippen LogP contribution in [-0.4, -0.2) is 10.0 Å². The van der Waals surface area contributed by atoms with Crippen LogP contribution in [0.3, 0.4) is 0 Å². The van der Waals surface area contributed by atoms with E-state index < -0.39 is 5.60 Å². The van der Waals surface area contributed by atoms with Crippen molar-refractivity contribution in [3.05, 3.63) is 144 Å². The Balaban J connectivity index is 1.45. The molecule has 0 aliphatic carbocycles. The van der Waals surface area contributed by atoms with E-state index in [9.17, 15) is 5.11 Å². The molecule has 5 heteroatoms. The minimum atomic E-state index is -1.40. The van der Waals surface area contributed by atoms with E-state index in [0.29, 0.717) is 25.4 Å². The van der Waals surface area contributed by atoms with Gasteiger partial charge in [-0.25, -0.2) is 0 Å². The minimum Gasteiger partial charge on any atom is -0.468 e. The molecule has 1 N–H and O–H groups in total. The maximum Gasteiger partial charge on any atom is 0.173 e. The molecule has 5 aromatic rings. The lowest BCUT2D eigenvalue weighted by atomic mass is 9.84. The number of nitrogens with zero attached hydrogens (tertiary/aromatic N) is 1. The number of aliphatic hydroxyl groups is 1. The summed E-state index contributed by atoms with van der Waals surface area (Å²) < 4.78 is 17.4. The van der Waals surface area contributed by atoms with Gasteiger partial charge in [0.1, 0.15) is 23.0 Å². The van der Waals surface area contributed by atoms with Gasteiger partial charge >= 0.3 is 0 Å². The van der Waals surface area contributed by atoms with Crippen molar-refractivity contribution in [2.24, 2.45) is 0 Å². The summed E-state index contributed by atoms with van der Waals surface area (Å²) in [5.74, 6) is 2.94. The molecule has 0 atom stereocenters. The van der Waals surface area contributed by atoms with Crippen molar-refractivity contribution >= 4 is 0 Å². The number of benzene rings is 2. The fourth-order valence-corrected chi connectivity index (χ4v) is 4.10. The van der Waals surface area contributed by atoms with E-state index in [4.69, 9.17) is 13.3 Å². The second-order valence-electron chi connectivity index (χ2n) is 8.01. The van der Waals surface area contributed by atoms with E-state index in [1.165, 1.54) is 0 Å². The quantitative estimate of drug-likeness (QED) is 0.307. The molecule has 3 heterocycles. The van der Waals surface area contributed by atoms with Gasteiger partial charge in [0, 0.05) is 0 Å². The maximum atomic E-state index is 12.0. The van der Waals surface area contributed by atoms with Crippen LogP contribution < -0.4 is 0 Å². The van der Waals surface area contributed by atoms with Crippen LogP contribution in [0.4, 0.5) is 0 Å². The second kappa shape index (κ2) is 9.36. The van der Waals surface area contributed by atoms with Crippen molar-refractivity contribution in [1.29, 1.82) is 0 Å². The van der Waals surface area contributed by atoms with Crippen molar-refractivity contribution < 1.29 is 18.4 Å². The topological polar surface area (TPSA) is 62.9 Å². The van der Waals surface area contributed by atoms with Gasteiger partial charge in [0.05, 0.1) is 32.2 Å². The average molecular weight is 440 g/mol. The zero-order chi connectivity index (χ0) is 22.5.